The molecule has 0 atom stereocenters. The highest BCUT2D eigenvalue weighted by Gasteiger charge is 2.14. The first-order chi connectivity index (χ1) is 11.6. The molecule has 1 amide bonds. The summed E-state index contributed by atoms with van der Waals surface area (Å²) < 4.78 is 1.64. The molecule has 6 N–H and O–H groups in total. The minimum absolute atomic E-state index is 0.106. The van der Waals surface area contributed by atoms with Gasteiger partial charge < -0.3 is 17.2 Å². The Bertz CT molecular complexity index is 741. The quantitative estimate of drug-likeness (QED) is 0.617. The Labute approximate surface area is 140 Å². The SMILES string of the molecule is NC(=O)c1ccc(C(=O)n2c3ccc2cc3)cc1.NCCCCN. The third-order valence-electron chi connectivity index (χ3n) is 3.64. The molecular formula is C18H22N4O2. The first kappa shape index (κ1) is 17.7. The second-order valence-electron chi connectivity index (χ2n) is 5.38. The van der Waals surface area contributed by atoms with Crippen LogP contribution < -0.4 is 17.2 Å². The third-order valence-corrected chi connectivity index (χ3v) is 3.64. The summed E-state index contributed by atoms with van der Waals surface area (Å²) in [6.45, 7) is 1.55. The van der Waals surface area contributed by atoms with Crippen molar-refractivity contribution in [1.82, 2.24) is 4.57 Å². The fraction of sp³-hybridized carbons (Fsp3) is 0.222. The number of fused-ring (bicyclic) bond motifs is 2. The van der Waals surface area contributed by atoms with Gasteiger partial charge in [0.2, 0.25) is 5.91 Å². The van der Waals surface area contributed by atoms with E-state index in [1.165, 1.54) is 0 Å². The van der Waals surface area contributed by atoms with Gasteiger partial charge in [0.15, 0.2) is 0 Å². The molecule has 3 rings (SSSR count). The molecule has 0 unspecified atom stereocenters. The van der Waals surface area contributed by atoms with E-state index in [0.717, 1.165) is 37.0 Å². The number of rotatable bonds is 5. The maximum Gasteiger partial charge on any atom is 0.262 e. The highest BCUT2D eigenvalue weighted by molar-refractivity contribution is 6.03. The first-order valence-corrected chi connectivity index (χ1v) is 7.83. The number of nitrogens with two attached hydrogens (primary N) is 3. The molecule has 2 heterocycles. The lowest BCUT2D eigenvalue weighted by atomic mass is 10.1. The van der Waals surface area contributed by atoms with Crippen LogP contribution in [0.3, 0.4) is 0 Å². The summed E-state index contributed by atoms with van der Waals surface area (Å²) in [5, 5.41) is 0. The van der Waals surface area contributed by atoms with Crippen LogP contribution in [0.4, 0.5) is 0 Å². The number of hydrogen-bond acceptors (Lipinski definition) is 4. The van der Waals surface area contributed by atoms with Crippen LogP contribution in [0.1, 0.15) is 33.6 Å². The number of carbonyl (C=O) groups excluding carboxylic acids is 2. The van der Waals surface area contributed by atoms with Gasteiger partial charge in [0.1, 0.15) is 0 Å². The number of primary amides is 1. The van der Waals surface area contributed by atoms with Crippen LogP contribution in [0.2, 0.25) is 0 Å². The van der Waals surface area contributed by atoms with Crippen LogP contribution in [-0.2, 0) is 0 Å². The molecule has 2 bridgehead atoms. The lowest BCUT2D eigenvalue weighted by molar-refractivity contribution is 0.0965. The van der Waals surface area contributed by atoms with Gasteiger partial charge in [-0.25, -0.2) is 0 Å². The summed E-state index contributed by atoms with van der Waals surface area (Å²) in [6.07, 6.45) is 2.13. The second-order valence-corrected chi connectivity index (χ2v) is 5.38. The van der Waals surface area contributed by atoms with Crippen molar-refractivity contribution < 1.29 is 9.59 Å². The Morgan fingerprint density at radius 2 is 1.17 bits per heavy atom. The van der Waals surface area contributed by atoms with Gasteiger partial charge in [-0.3, -0.25) is 14.2 Å². The molecule has 0 saturated carbocycles. The highest BCUT2D eigenvalue weighted by Crippen LogP contribution is 2.19. The fourth-order valence-corrected chi connectivity index (χ4v) is 2.33. The topological polar surface area (TPSA) is 117 Å². The van der Waals surface area contributed by atoms with Crippen LogP contribution in [0.5, 0.6) is 0 Å². The van der Waals surface area contributed by atoms with Gasteiger partial charge >= 0.3 is 0 Å². The van der Waals surface area contributed by atoms with Crippen LogP contribution >= 0.6 is 0 Å². The molecule has 0 aliphatic rings. The average Bonchev–Trinajstić information content (AvgIpc) is 3.20. The smallest absolute Gasteiger partial charge is 0.262 e. The molecule has 2 aromatic heterocycles. The van der Waals surface area contributed by atoms with E-state index in [4.69, 9.17) is 17.2 Å². The number of carbonyl (C=O) groups is 2. The van der Waals surface area contributed by atoms with Gasteiger partial charge in [0.25, 0.3) is 5.91 Å². The summed E-state index contributed by atoms with van der Waals surface area (Å²) in [4.78, 5) is 23.2. The first-order valence-electron chi connectivity index (χ1n) is 7.83. The van der Waals surface area contributed by atoms with E-state index >= 15 is 0 Å². The number of unbranched alkanes of at least 4 members (excludes halogenated alkanes) is 1. The molecule has 3 aromatic rings. The van der Waals surface area contributed by atoms with E-state index in [2.05, 4.69) is 0 Å². The predicted molar refractivity (Wildman–Crippen MR) is 95.2 cm³/mol. The zero-order valence-electron chi connectivity index (χ0n) is 13.4. The molecule has 0 aliphatic carbocycles. The van der Waals surface area contributed by atoms with Crippen LogP contribution in [0.25, 0.3) is 11.0 Å². The van der Waals surface area contributed by atoms with Crippen molar-refractivity contribution in [3.05, 3.63) is 59.7 Å². The summed E-state index contributed by atoms with van der Waals surface area (Å²) in [6, 6.07) is 13.9. The van der Waals surface area contributed by atoms with Gasteiger partial charge in [0, 0.05) is 22.2 Å². The Hall–Kier alpha value is -2.70. The zero-order chi connectivity index (χ0) is 17.5. The summed E-state index contributed by atoms with van der Waals surface area (Å²) in [7, 11) is 0. The Morgan fingerprint density at radius 3 is 1.54 bits per heavy atom. The van der Waals surface area contributed by atoms with Crippen LogP contribution in [-0.4, -0.2) is 29.5 Å². The van der Waals surface area contributed by atoms with Crippen molar-refractivity contribution in [3.8, 4) is 0 Å². The maximum absolute atomic E-state index is 12.3. The van der Waals surface area contributed by atoms with Gasteiger partial charge in [-0.2, -0.15) is 0 Å². The van der Waals surface area contributed by atoms with E-state index in [-0.39, 0.29) is 5.91 Å². The van der Waals surface area contributed by atoms with Crippen molar-refractivity contribution in [1.29, 1.82) is 0 Å². The largest absolute Gasteiger partial charge is 0.366 e. The number of aromatic nitrogens is 1. The van der Waals surface area contributed by atoms with Gasteiger partial charge in [-0.15, -0.1) is 0 Å². The Kier molecular flexibility index (Phi) is 6.06. The van der Waals surface area contributed by atoms with E-state index in [1.807, 2.05) is 24.3 Å². The zero-order valence-corrected chi connectivity index (χ0v) is 13.4. The van der Waals surface area contributed by atoms with Gasteiger partial charge in [-0.05, 0) is 74.5 Å². The molecule has 1 aromatic carbocycles. The molecule has 0 aliphatic heterocycles. The van der Waals surface area contributed by atoms with Crippen molar-refractivity contribution >= 4 is 22.8 Å². The van der Waals surface area contributed by atoms with E-state index in [1.54, 1.807) is 28.8 Å². The van der Waals surface area contributed by atoms with Crippen molar-refractivity contribution in [2.75, 3.05) is 13.1 Å². The van der Waals surface area contributed by atoms with E-state index < -0.39 is 5.91 Å². The normalized spacial score (nSPS) is 10.4. The van der Waals surface area contributed by atoms with E-state index in [9.17, 15) is 9.59 Å². The molecule has 126 valence electrons. The number of benzene rings is 2. The van der Waals surface area contributed by atoms with E-state index in [0.29, 0.717) is 11.1 Å². The van der Waals surface area contributed by atoms with Crippen molar-refractivity contribution in [3.63, 3.8) is 0 Å². The molecule has 0 saturated heterocycles. The number of nitrogens with zero attached hydrogens (tertiary/aromatic N) is 1. The molecule has 6 heteroatoms. The molecule has 24 heavy (non-hydrogen) atoms. The lowest BCUT2D eigenvalue weighted by Crippen LogP contribution is -2.13. The third kappa shape index (κ3) is 3.98. The minimum Gasteiger partial charge on any atom is -0.366 e. The molecule has 6 nitrogen and oxygen atoms in total. The minimum atomic E-state index is -0.498. The van der Waals surface area contributed by atoms with Crippen molar-refractivity contribution in [2.45, 2.75) is 12.8 Å². The Balaban J connectivity index is 0.000000301. The molecule has 0 spiro atoms. The van der Waals surface area contributed by atoms with Gasteiger partial charge in [0.05, 0.1) is 0 Å². The lowest BCUT2D eigenvalue weighted by Gasteiger charge is -2.03. The van der Waals surface area contributed by atoms with Gasteiger partial charge in [-0.1, -0.05) is 0 Å². The standard InChI is InChI=1S/C14H10N2O2.C4H12N2/c15-13(17)9-1-3-10(4-2-9)14(18)16-11-5-6-12(16)8-7-11;5-3-1-2-4-6/h1-8H,(H2,15,17);1-6H2. The molecule has 0 fully saturated rings. The Morgan fingerprint density at radius 1 is 0.750 bits per heavy atom. The molecule has 0 radical (unpaired) electrons. The van der Waals surface area contributed by atoms with Crippen molar-refractivity contribution in [2.24, 2.45) is 17.2 Å². The highest BCUT2D eigenvalue weighted by atomic mass is 16.2. The number of hydrogen-bond donors (Lipinski definition) is 3. The van der Waals surface area contributed by atoms with Crippen LogP contribution in [0.15, 0.2) is 48.5 Å². The van der Waals surface area contributed by atoms with Crippen LogP contribution in [0, 0.1) is 0 Å². The second kappa shape index (κ2) is 8.24. The maximum atomic E-state index is 12.3. The summed E-state index contributed by atoms with van der Waals surface area (Å²) >= 11 is 0. The summed E-state index contributed by atoms with van der Waals surface area (Å²) in [5.41, 5.74) is 18.1. The predicted octanol–water partition coefficient (Wildman–Crippen LogP) is 1.55. The summed E-state index contributed by atoms with van der Waals surface area (Å²) in [5.74, 6) is -0.603. The number of amides is 1. The average molecular weight is 326 g/mol. The monoisotopic (exact) mass is 326 g/mol. The molecular weight excluding hydrogens is 304 g/mol. The fourth-order valence-electron chi connectivity index (χ4n) is 2.33.